The van der Waals surface area contributed by atoms with Gasteiger partial charge >= 0.3 is 6.18 Å². The Hall–Kier alpha value is -3.38. The quantitative estimate of drug-likeness (QED) is 0.440. The minimum absolute atomic E-state index is 0.0906. The van der Waals surface area contributed by atoms with E-state index in [1.165, 1.54) is 17.2 Å². The van der Waals surface area contributed by atoms with Crippen LogP contribution < -0.4 is 5.32 Å². The van der Waals surface area contributed by atoms with Gasteiger partial charge in [-0.1, -0.05) is 13.0 Å². The van der Waals surface area contributed by atoms with Crippen molar-refractivity contribution in [1.82, 2.24) is 20.1 Å². The van der Waals surface area contributed by atoms with Crippen LogP contribution in [-0.2, 0) is 40.9 Å². The number of likely N-dealkylation sites (tertiary alicyclic amines) is 1. The molecule has 1 aromatic heterocycles. The number of hydrogen-bond acceptors (Lipinski definition) is 6. The van der Waals surface area contributed by atoms with Crippen molar-refractivity contribution in [2.75, 3.05) is 13.1 Å². The number of carbonyl (C=O) groups excluding carboxylic acids is 3. The predicted octanol–water partition coefficient (Wildman–Crippen LogP) is 3.05. The van der Waals surface area contributed by atoms with E-state index < -0.39 is 52.5 Å². The van der Waals surface area contributed by atoms with E-state index in [1.807, 2.05) is 11.8 Å². The first-order valence-electron chi connectivity index (χ1n) is 13.3. The topological polar surface area (TPSA) is 103 Å². The zero-order valence-corrected chi connectivity index (χ0v) is 21.8. The highest BCUT2D eigenvalue weighted by Crippen LogP contribution is 2.58. The molecule has 3 aliphatic heterocycles. The summed E-state index contributed by atoms with van der Waals surface area (Å²) in [5.41, 5.74) is -1.54. The number of amides is 3. The third-order valence-electron chi connectivity index (χ3n) is 9.19. The summed E-state index contributed by atoms with van der Waals surface area (Å²) in [6, 6.07) is 3.11. The van der Waals surface area contributed by atoms with Gasteiger partial charge in [0, 0.05) is 54.4 Å². The molecule has 4 heterocycles. The summed E-state index contributed by atoms with van der Waals surface area (Å²) in [5.74, 6) is -2.09. The molecule has 2 N–H and O–H groups in total. The molecule has 12 heteroatoms. The summed E-state index contributed by atoms with van der Waals surface area (Å²) in [6.07, 6.45) is -2.01. The maximum absolute atomic E-state index is 16.2. The molecule has 40 heavy (non-hydrogen) atoms. The van der Waals surface area contributed by atoms with Gasteiger partial charge in [-0.05, 0) is 48.9 Å². The SMILES string of the molecule is CCC12Cc3cc4c(c(F)c3[C@]1(O)CCN(Cc1ccc(C(F)(F)F)nc1)C2)CN([C@H]1CCC(=O)NC1=O)C4=O. The average Bonchev–Trinajstić information content (AvgIpc) is 3.36. The number of pyridine rings is 1. The molecule has 3 amide bonds. The zero-order valence-electron chi connectivity index (χ0n) is 21.8. The molecular formula is C28H28F4N4O4. The first-order chi connectivity index (χ1) is 18.9. The lowest BCUT2D eigenvalue weighted by atomic mass is 9.66. The molecule has 2 aromatic rings. The van der Waals surface area contributed by atoms with Crippen LogP contribution >= 0.6 is 0 Å². The van der Waals surface area contributed by atoms with Crippen LogP contribution in [0.5, 0.6) is 0 Å². The number of nitrogens with one attached hydrogen (secondary N) is 1. The van der Waals surface area contributed by atoms with E-state index in [4.69, 9.17) is 0 Å². The number of alkyl halides is 3. The molecule has 0 saturated carbocycles. The van der Waals surface area contributed by atoms with Gasteiger partial charge in [-0.15, -0.1) is 0 Å². The van der Waals surface area contributed by atoms with Crippen LogP contribution in [0.4, 0.5) is 17.6 Å². The van der Waals surface area contributed by atoms with Gasteiger partial charge in [-0.2, -0.15) is 13.2 Å². The number of fused-ring (bicyclic) bond motifs is 4. The number of piperidine rings is 2. The number of halogens is 4. The molecule has 0 spiro atoms. The van der Waals surface area contributed by atoms with E-state index in [-0.39, 0.29) is 42.5 Å². The first kappa shape index (κ1) is 26.8. The molecule has 8 nitrogen and oxygen atoms in total. The number of benzene rings is 1. The Morgan fingerprint density at radius 1 is 1.23 bits per heavy atom. The van der Waals surface area contributed by atoms with Gasteiger partial charge < -0.3 is 10.0 Å². The van der Waals surface area contributed by atoms with Crippen LogP contribution in [0.25, 0.3) is 0 Å². The van der Waals surface area contributed by atoms with Crippen molar-refractivity contribution in [3.8, 4) is 0 Å². The van der Waals surface area contributed by atoms with Crippen LogP contribution in [0.3, 0.4) is 0 Å². The van der Waals surface area contributed by atoms with Crippen molar-refractivity contribution < 1.29 is 37.1 Å². The summed E-state index contributed by atoms with van der Waals surface area (Å²) in [5, 5.41) is 14.3. The summed E-state index contributed by atoms with van der Waals surface area (Å²) >= 11 is 0. The fraction of sp³-hybridized carbons (Fsp3) is 0.500. The second-order valence-corrected chi connectivity index (χ2v) is 11.3. The van der Waals surface area contributed by atoms with Crippen LogP contribution in [-0.4, -0.2) is 56.7 Å². The molecule has 1 aliphatic carbocycles. The van der Waals surface area contributed by atoms with E-state index in [0.717, 1.165) is 6.07 Å². The number of rotatable bonds is 4. The van der Waals surface area contributed by atoms with Gasteiger partial charge in [0.05, 0.1) is 6.54 Å². The second-order valence-electron chi connectivity index (χ2n) is 11.3. The Labute approximate surface area is 227 Å². The number of imide groups is 1. The van der Waals surface area contributed by atoms with E-state index in [2.05, 4.69) is 10.3 Å². The van der Waals surface area contributed by atoms with E-state index in [9.17, 15) is 32.7 Å². The highest BCUT2D eigenvalue weighted by atomic mass is 19.4. The van der Waals surface area contributed by atoms with E-state index >= 15 is 4.39 Å². The lowest BCUT2D eigenvalue weighted by Gasteiger charge is -2.50. The first-order valence-corrected chi connectivity index (χ1v) is 13.3. The van der Waals surface area contributed by atoms with Crippen molar-refractivity contribution in [1.29, 1.82) is 0 Å². The Kier molecular flexibility index (Phi) is 6.08. The highest BCUT2D eigenvalue weighted by Gasteiger charge is 2.60. The van der Waals surface area contributed by atoms with Crippen LogP contribution in [0, 0.1) is 11.2 Å². The van der Waals surface area contributed by atoms with Crippen LogP contribution in [0.1, 0.15) is 70.9 Å². The minimum Gasteiger partial charge on any atom is -0.384 e. The van der Waals surface area contributed by atoms with Gasteiger partial charge in [0.1, 0.15) is 23.2 Å². The fourth-order valence-electron chi connectivity index (χ4n) is 7.09. The smallest absolute Gasteiger partial charge is 0.384 e. The van der Waals surface area contributed by atoms with Crippen molar-refractivity contribution >= 4 is 17.7 Å². The largest absolute Gasteiger partial charge is 0.433 e. The second kappa shape index (κ2) is 9.07. The summed E-state index contributed by atoms with van der Waals surface area (Å²) < 4.78 is 54.9. The highest BCUT2D eigenvalue weighted by molar-refractivity contribution is 6.05. The molecule has 0 radical (unpaired) electrons. The third kappa shape index (κ3) is 3.94. The van der Waals surface area contributed by atoms with Gasteiger partial charge in [0.25, 0.3) is 5.91 Å². The number of carbonyl (C=O) groups is 3. The summed E-state index contributed by atoms with van der Waals surface area (Å²) in [7, 11) is 0. The Morgan fingerprint density at radius 3 is 2.65 bits per heavy atom. The van der Waals surface area contributed by atoms with Crippen LogP contribution in [0.15, 0.2) is 24.4 Å². The molecule has 3 atom stereocenters. The van der Waals surface area contributed by atoms with Crippen LogP contribution in [0.2, 0.25) is 0 Å². The number of nitrogens with zero attached hydrogens (tertiary/aromatic N) is 3. The molecule has 2 fully saturated rings. The summed E-state index contributed by atoms with van der Waals surface area (Å²) in [4.78, 5) is 44.1. The van der Waals surface area contributed by atoms with Gasteiger partial charge in [-0.3, -0.25) is 29.6 Å². The Balaban J connectivity index is 1.26. The predicted molar refractivity (Wildman–Crippen MR) is 132 cm³/mol. The average molecular weight is 561 g/mol. The van der Waals surface area contributed by atoms with Gasteiger partial charge in [0.2, 0.25) is 11.8 Å². The molecule has 1 unspecified atom stereocenters. The Bertz CT molecular complexity index is 1430. The lowest BCUT2D eigenvalue weighted by Crippen LogP contribution is -2.56. The number of aliphatic hydroxyl groups is 1. The molecule has 212 valence electrons. The monoisotopic (exact) mass is 560 g/mol. The minimum atomic E-state index is -4.52. The molecule has 0 bridgehead atoms. The van der Waals surface area contributed by atoms with Gasteiger partial charge in [-0.25, -0.2) is 4.39 Å². The molecule has 1 aromatic carbocycles. The normalized spacial score (nSPS) is 28.4. The molecular weight excluding hydrogens is 532 g/mol. The zero-order chi connectivity index (χ0) is 28.6. The van der Waals surface area contributed by atoms with E-state index in [0.29, 0.717) is 43.6 Å². The molecule has 6 rings (SSSR count). The summed E-state index contributed by atoms with van der Waals surface area (Å²) in [6.45, 7) is 2.90. The van der Waals surface area contributed by atoms with Crippen molar-refractivity contribution in [2.24, 2.45) is 5.41 Å². The molecule has 4 aliphatic rings. The van der Waals surface area contributed by atoms with Gasteiger partial charge in [0.15, 0.2) is 0 Å². The van der Waals surface area contributed by atoms with Crippen molar-refractivity contribution in [2.45, 2.75) is 69.9 Å². The van der Waals surface area contributed by atoms with Crippen molar-refractivity contribution in [3.63, 3.8) is 0 Å². The standard InChI is InChI=1S/C28H28F4N4O4/c1-2-26-10-16-9-17-18(13-36(25(17)39)19-4-6-21(37)34-24(19)38)23(29)22(16)27(26,40)7-8-35(14-26)12-15-3-5-20(33-11-15)28(30,31)32/h3,5,9,11,19,40H,2,4,6-8,10,12-14H2,1H3,(H,34,37,38)/t19-,26?,27+/m0/s1. The molecule has 2 saturated heterocycles. The van der Waals surface area contributed by atoms with Crippen molar-refractivity contribution in [3.05, 3.63) is 63.7 Å². The number of aromatic nitrogens is 1. The maximum Gasteiger partial charge on any atom is 0.433 e. The third-order valence-corrected chi connectivity index (χ3v) is 9.19. The fourth-order valence-corrected chi connectivity index (χ4v) is 7.09. The van der Waals surface area contributed by atoms with E-state index in [1.54, 1.807) is 6.07 Å². The maximum atomic E-state index is 16.2. The lowest BCUT2D eigenvalue weighted by molar-refractivity contribution is -0.141. The Morgan fingerprint density at radius 2 is 2.00 bits per heavy atom. The number of hydrogen-bond donors (Lipinski definition) is 2.